The van der Waals surface area contributed by atoms with E-state index >= 15 is 0 Å². The van der Waals surface area contributed by atoms with Crippen LogP contribution in [0.5, 0.6) is 0 Å². The van der Waals surface area contributed by atoms with Crippen molar-refractivity contribution in [2.24, 2.45) is 17.8 Å². The molecular weight excluding hydrogens is 406 g/mol. The number of allylic oxidation sites excluding steroid dienone is 1. The minimum absolute atomic E-state index is 0.00347. The monoisotopic (exact) mass is 439 g/mol. The average molecular weight is 440 g/mol. The molecule has 7 nitrogen and oxygen atoms in total. The fraction of sp³-hybridized carbons (Fsp3) is 0.640. The Morgan fingerprint density at radius 1 is 1.09 bits per heavy atom. The number of carbonyl (C=O) groups is 2. The minimum Gasteiger partial charge on any atom is -0.396 e. The van der Waals surface area contributed by atoms with E-state index in [4.69, 9.17) is 0 Å². The van der Waals surface area contributed by atoms with Gasteiger partial charge in [0.1, 0.15) is 0 Å². The molecule has 1 aromatic rings. The second-order valence-corrected chi connectivity index (χ2v) is 9.77. The molecule has 0 spiro atoms. The molecule has 3 aliphatic heterocycles. The Bertz CT molecular complexity index is 989. The largest absolute Gasteiger partial charge is 0.396 e. The third kappa shape index (κ3) is 3.24. The Morgan fingerprint density at radius 3 is 2.47 bits per heavy atom. The highest BCUT2D eigenvalue weighted by Gasteiger charge is 2.58. The van der Waals surface area contributed by atoms with E-state index in [1.165, 1.54) is 0 Å². The van der Waals surface area contributed by atoms with E-state index in [1.807, 2.05) is 28.9 Å². The molecule has 7 heteroatoms. The molecular formula is C25H33N3O4. The van der Waals surface area contributed by atoms with Crippen molar-refractivity contribution in [2.75, 3.05) is 19.7 Å². The van der Waals surface area contributed by atoms with Crippen LogP contribution in [0.25, 0.3) is 6.08 Å². The first-order valence-corrected chi connectivity index (χ1v) is 12.1. The van der Waals surface area contributed by atoms with E-state index in [0.717, 1.165) is 57.3 Å². The van der Waals surface area contributed by atoms with Crippen molar-refractivity contribution in [3.8, 4) is 0 Å². The molecule has 3 fully saturated rings. The van der Waals surface area contributed by atoms with Crippen molar-refractivity contribution >= 4 is 17.9 Å². The molecule has 172 valence electrons. The second kappa shape index (κ2) is 8.50. The number of pyridine rings is 1. The number of aliphatic hydroxyl groups excluding tert-OH is 1. The molecule has 1 aliphatic carbocycles. The lowest BCUT2D eigenvalue weighted by Crippen LogP contribution is -2.52. The van der Waals surface area contributed by atoms with Crippen molar-refractivity contribution in [1.82, 2.24) is 14.4 Å². The summed E-state index contributed by atoms with van der Waals surface area (Å²) in [4.78, 5) is 44.3. The van der Waals surface area contributed by atoms with Crippen LogP contribution in [0.4, 0.5) is 0 Å². The quantitative estimate of drug-likeness (QED) is 0.780. The fourth-order valence-electron chi connectivity index (χ4n) is 6.20. The average Bonchev–Trinajstić information content (AvgIpc) is 3.01. The second-order valence-electron chi connectivity index (χ2n) is 9.77. The highest BCUT2D eigenvalue weighted by Crippen LogP contribution is 2.50. The van der Waals surface area contributed by atoms with E-state index in [2.05, 4.69) is 0 Å². The maximum Gasteiger partial charge on any atom is 0.258 e. The van der Waals surface area contributed by atoms with Crippen LogP contribution in [0, 0.1) is 17.8 Å². The molecule has 4 aliphatic rings. The number of amides is 2. The summed E-state index contributed by atoms with van der Waals surface area (Å²) in [6.45, 7) is 3.51. The van der Waals surface area contributed by atoms with Crippen LogP contribution in [0.15, 0.2) is 23.0 Å². The van der Waals surface area contributed by atoms with E-state index in [0.29, 0.717) is 12.1 Å². The molecule has 1 saturated carbocycles. The molecule has 2 bridgehead atoms. The molecule has 0 unspecified atom stereocenters. The van der Waals surface area contributed by atoms with Crippen LogP contribution in [0.2, 0.25) is 0 Å². The van der Waals surface area contributed by atoms with Crippen LogP contribution in [0.1, 0.15) is 62.7 Å². The lowest BCUT2D eigenvalue weighted by molar-refractivity contribution is -0.144. The number of aromatic nitrogens is 1. The van der Waals surface area contributed by atoms with Crippen LogP contribution in [-0.4, -0.2) is 57.0 Å². The van der Waals surface area contributed by atoms with Gasteiger partial charge in [-0.3, -0.25) is 14.4 Å². The van der Waals surface area contributed by atoms with Crippen molar-refractivity contribution < 1.29 is 14.7 Å². The SMILES string of the molecule is C/C=C\c1ccc2n(c1=O)C[C@@H]1[C@@H](CO)[C@H](C(=O)N3CCCCC3)[C@H]2N1C(=O)C1CCC1. The molecule has 0 aromatic carbocycles. The van der Waals surface area contributed by atoms with Crippen LogP contribution >= 0.6 is 0 Å². The summed E-state index contributed by atoms with van der Waals surface area (Å²) >= 11 is 0. The third-order valence-electron chi connectivity index (χ3n) is 8.08. The van der Waals surface area contributed by atoms with Gasteiger partial charge in [-0.1, -0.05) is 18.6 Å². The number of aliphatic hydroxyl groups is 1. The first-order chi connectivity index (χ1) is 15.6. The summed E-state index contributed by atoms with van der Waals surface area (Å²) < 4.78 is 1.75. The van der Waals surface area contributed by atoms with Gasteiger partial charge in [-0.15, -0.1) is 0 Å². The number of carbonyl (C=O) groups excluding carboxylic acids is 2. The topological polar surface area (TPSA) is 82.8 Å². The van der Waals surface area contributed by atoms with Crippen molar-refractivity contribution in [1.29, 1.82) is 0 Å². The molecule has 0 radical (unpaired) electrons. The molecule has 4 heterocycles. The summed E-state index contributed by atoms with van der Waals surface area (Å²) in [6.07, 6.45) is 9.57. The summed E-state index contributed by atoms with van der Waals surface area (Å²) in [5, 5.41) is 10.4. The normalized spacial score (nSPS) is 29.8. The smallest absolute Gasteiger partial charge is 0.258 e. The maximum absolute atomic E-state index is 13.8. The first kappa shape index (κ1) is 21.4. The van der Waals surface area contributed by atoms with Crippen LogP contribution in [-0.2, 0) is 16.1 Å². The zero-order chi connectivity index (χ0) is 22.4. The number of likely N-dealkylation sites (tertiary alicyclic amines) is 1. The summed E-state index contributed by atoms with van der Waals surface area (Å²) in [5.74, 6) is -0.740. The predicted molar refractivity (Wildman–Crippen MR) is 121 cm³/mol. The third-order valence-corrected chi connectivity index (χ3v) is 8.08. The van der Waals surface area contributed by atoms with Crippen LogP contribution < -0.4 is 5.56 Å². The Hall–Kier alpha value is -2.41. The Morgan fingerprint density at radius 2 is 1.84 bits per heavy atom. The van der Waals surface area contributed by atoms with Crippen LogP contribution in [0.3, 0.4) is 0 Å². The molecule has 5 rings (SSSR count). The van der Waals surface area contributed by atoms with Gasteiger partial charge in [0.05, 0.1) is 18.0 Å². The van der Waals surface area contributed by atoms with Gasteiger partial charge in [-0.25, -0.2) is 0 Å². The van der Waals surface area contributed by atoms with Gasteiger partial charge < -0.3 is 19.5 Å². The fourth-order valence-corrected chi connectivity index (χ4v) is 6.20. The zero-order valence-corrected chi connectivity index (χ0v) is 18.8. The molecule has 2 amide bonds. The summed E-state index contributed by atoms with van der Waals surface area (Å²) in [7, 11) is 0. The number of hydrogen-bond donors (Lipinski definition) is 1. The molecule has 32 heavy (non-hydrogen) atoms. The molecule has 2 saturated heterocycles. The van der Waals surface area contributed by atoms with Gasteiger partial charge in [0, 0.05) is 49.3 Å². The minimum atomic E-state index is -0.507. The molecule has 1 aromatic heterocycles. The summed E-state index contributed by atoms with van der Waals surface area (Å²) in [6, 6.07) is 2.90. The zero-order valence-electron chi connectivity index (χ0n) is 18.8. The van der Waals surface area contributed by atoms with Gasteiger partial charge >= 0.3 is 0 Å². The Balaban J connectivity index is 1.61. The standard InChI is InChI=1S/C25H33N3O4/c1-2-7-16-10-11-19-22-21(25(32)26-12-4-3-5-13-26)18(15-29)20(14-27(19)23(16)30)28(22)24(31)17-8-6-9-17/h2,7,10-11,17-18,20-22,29H,3-6,8-9,12-15H2,1H3/b7-2-/t18-,20-,21+,22+/m1/s1. The first-order valence-electron chi connectivity index (χ1n) is 12.1. The highest BCUT2D eigenvalue weighted by molar-refractivity contribution is 5.86. The number of nitrogens with zero attached hydrogens (tertiary/aromatic N) is 3. The number of rotatable bonds is 4. The van der Waals surface area contributed by atoms with E-state index < -0.39 is 12.0 Å². The van der Waals surface area contributed by atoms with Gasteiger partial charge in [0.25, 0.3) is 5.56 Å². The van der Waals surface area contributed by atoms with E-state index in [-0.39, 0.29) is 41.9 Å². The summed E-state index contributed by atoms with van der Waals surface area (Å²) in [5.41, 5.74) is 1.25. The Labute approximate surface area is 188 Å². The van der Waals surface area contributed by atoms with Crippen molar-refractivity contribution in [3.63, 3.8) is 0 Å². The van der Waals surface area contributed by atoms with Crippen molar-refractivity contribution in [2.45, 2.75) is 64.1 Å². The van der Waals surface area contributed by atoms with Gasteiger partial charge in [-0.2, -0.15) is 0 Å². The number of piperidine rings is 1. The van der Waals surface area contributed by atoms with E-state index in [9.17, 15) is 19.5 Å². The highest BCUT2D eigenvalue weighted by atomic mass is 16.3. The Kier molecular flexibility index (Phi) is 5.70. The molecule has 4 atom stereocenters. The van der Waals surface area contributed by atoms with Crippen molar-refractivity contribution in [3.05, 3.63) is 39.8 Å². The predicted octanol–water partition coefficient (Wildman–Crippen LogP) is 2.18. The molecule has 1 N–H and O–H groups in total. The van der Waals surface area contributed by atoms with Gasteiger partial charge in [0.15, 0.2) is 0 Å². The van der Waals surface area contributed by atoms with Gasteiger partial charge in [-0.05, 0) is 51.2 Å². The lowest BCUT2D eigenvalue weighted by atomic mass is 9.83. The maximum atomic E-state index is 13.8. The van der Waals surface area contributed by atoms with E-state index in [1.54, 1.807) is 16.7 Å². The lowest BCUT2D eigenvalue weighted by Gasteiger charge is -2.42. The number of hydrogen-bond acceptors (Lipinski definition) is 4. The number of fused-ring (bicyclic) bond motifs is 4. The van der Waals surface area contributed by atoms with Gasteiger partial charge in [0.2, 0.25) is 11.8 Å².